The van der Waals surface area contributed by atoms with Gasteiger partial charge < -0.3 is 10.1 Å². The number of rotatable bonds is 7. The molecule has 198 valence electrons. The minimum Gasteiger partial charge on any atom is -0.489 e. The summed E-state index contributed by atoms with van der Waals surface area (Å²) in [6, 6.07) is 17.1. The van der Waals surface area contributed by atoms with Crippen LogP contribution >= 0.6 is 0 Å². The summed E-state index contributed by atoms with van der Waals surface area (Å²) in [4.78, 5) is 25.1. The third-order valence-electron chi connectivity index (χ3n) is 6.64. The first kappa shape index (κ1) is 25.7. The van der Waals surface area contributed by atoms with E-state index in [1.807, 2.05) is 44.2 Å². The number of nitrogens with one attached hydrogen (secondary N) is 3. The molecule has 2 aliphatic heterocycles. The van der Waals surface area contributed by atoms with E-state index in [4.69, 9.17) is 4.74 Å². The van der Waals surface area contributed by atoms with E-state index < -0.39 is 16.1 Å². The first-order chi connectivity index (χ1) is 18.2. The number of aryl methyl sites for hydroxylation is 1. The molecule has 0 spiro atoms. The van der Waals surface area contributed by atoms with Gasteiger partial charge in [0, 0.05) is 26.1 Å². The van der Waals surface area contributed by atoms with Gasteiger partial charge in [-0.15, -0.1) is 0 Å². The highest BCUT2D eigenvalue weighted by Gasteiger charge is 2.26. The summed E-state index contributed by atoms with van der Waals surface area (Å²) in [6.07, 6.45) is 1.35. The zero-order valence-corrected chi connectivity index (χ0v) is 22.1. The molecule has 0 saturated heterocycles. The molecule has 0 aliphatic carbocycles. The fourth-order valence-electron chi connectivity index (χ4n) is 4.87. The van der Waals surface area contributed by atoms with E-state index in [1.54, 1.807) is 17.1 Å². The van der Waals surface area contributed by atoms with Crippen LogP contribution in [0.5, 0.6) is 5.75 Å². The number of ether oxygens (including phenoxy) is 1. The van der Waals surface area contributed by atoms with Crippen molar-refractivity contribution in [3.8, 4) is 5.75 Å². The molecule has 0 radical (unpaired) electrons. The number of urea groups is 1. The van der Waals surface area contributed by atoms with Crippen molar-refractivity contribution in [2.45, 2.75) is 50.8 Å². The number of hydrogen-bond acceptors (Lipinski definition) is 6. The Labute approximate surface area is 222 Å². The van der Waals surface area contributed by atoms with Gasteiger partial charge in [-0.3, -0.25) is 10.2 Å². The molecule has 9 nitrogen and oxygen atoms in total. The molecule has 10 heteroatoms. The largest absolute Gasteiger partial charge is 0.489 e. The zero-order valence-electron chi connectivity index (χ0n) is 21.3. The van der Waals surface area contributed by atoms with Crippen molar-refractivity contribution < 1.29 is 22.7 Å². The Morgan fingerprint density at radius 2 is 1.68 bits per heavy atom. The summed E-state index contributed by atoms with van der Waals surface area (Å²) in [5, 5.41) is 4.58. The monoisotopic (exact) mass is 534 g/mol. The van der Waals surface area contributed by atoms with Gasteiger partial charge in [0.05, 0.1) is 10.5 Å². The Hall–Kier alpha value is -3.89. The minimum atomic E-state index is -4.04. The topological polar surface area (TPSA) is 117 Å². The second-order valence-electron chi connectivity index (χ2n) is 9.75. The Morgan fingerprint density at radius 3 is 2.37 bits per heavy atom. The van der Waals surface area contributed by atoms with Gasteiger partial charge >= 0.3 is 6.03 Å². The number of amides is 3. The highest BCUT2D eigenvalue weighted by Crippen LogP contribution is 2.33. The number of hydrogen-bond donors (Lipinski definition) is 3. The summed E-state index contributed by atoms with van der Waals surface area (Å²) >= 11 is 0. The lowest BCUT2D eigenvalue weighted by Gasteiger charge is -2.17. The number of nitrogens with zero attached hydrogens (tertiary/aromatic N) is 1. The highest BCUT2D eigenvalue weighted by atomic mass is 32.2. The molecule has 0 bridgehead atoms. The van der Waals surface area contributed by atoms with Crippen LogP contribution in [-0.2, 0) is 36.0 Å². The van der Waals surface area contributed by atoms with Crippen LogP contribution < -0.4 is 20.2 Å². The second-order valence-corrected chi connectivity index (χ2v) is 11.4. The smallest absolute Gasteiger partial charge is 0.343 e. The molecule has 3 aromatic carbocycles. The van der Waals surface area contributed by atoms with Gasteiger partial charge in [-0.2, -0.15) is 0 Å². The van der Waals surface area contributed by atoms with Crippen LogP contribution in [-0.4, -0.2) is 38.0 Å². The van der Waals surface area contributed by atoms with Gasteiger partial charge in [0.1, 0.15) is 11.9 Å². The summed E-state index contributed by atoms with van der Waals surface area (Å²) in [6.45, 7) is 5.33. The van der Waals surface area contributed by atoms with Crippen LogP contribution in [0.15, 0.2) is 65.6 Å². The Balaban J connectivity index is 1.12. The third-order valence-corrected chi connectivity index (χ3v) is 7.99. The quantitative estimate of drug-likeness (QED) is 0.429. The van der Waals surface area contributed by atoms with Crippen molar-refractivity contribution >= 4 is 22.0 Å². The fourth-order valence-corrected chi connectivity index (χ4v) is 5.77. The number of fused-ring (bicyclic) bond motifs is 2. The lowest BCUT2D eigenvalue weighted by molar-refractivity contribution is 0.0949. The summed E-state index contributed by atoms with van der Waals surface area (Å²) in [5.41, 5.74) is 8.22. The number of hydrazine groups is 1. The molecule has 0 saturated carbocycles. The first-order valence-corrected chi connectivity index (χ1v) is 14.0. The van der Waals surface area contributed by atoms with E-state index in [9.17, 15) is 18.0 Å². The van der Waals surface area contributed by atoms with Crippen LogP contribution in [0.3, 0.4) is 0 Å². The zero-order chi connectivity index (χ0) is 26.9. The summed E-state index contributed by atoms with van der Waals surface area (Å²) in [5.74, 6) is 0.454. The van der Waals surface area contributed by atoms with Crippen LogP contribution in [0.1, 0.15) is 45.1 Å². The molecular weight excluding hydrogens is 504 g/mol. The van der Waals surface area contributed by atoms with Gasteiger partial charge in [-0.25, -0.2) is 22.9 Å². The number of benzene rings is 3. The number of sulfonamides is 1. The molecule has 0 fully saturated rings. The van der Waals surface area contributed by atoms with Crippen LogP contribution in [0, 0.1) is 6.92 Å². The van der Waals surface area contributed by atoms with Gasteiger partial charge in [0.15, 0.2) is 0 Å². The normalized spacial score (nSPS) is 16.3. The van der Waals surface area contributed by atoms with Gasteiger partial charge in [0.25, 0.3) is 15.9 Å². The summed E-state index contributed by atoms with van der Waals surface area (Å²) < 4.78 is 33.3. The van der Waals surface area contributed by atoms with Crippen molar-refractivity contribution in [2.75, 3.05) is 6.54 Å². The molecule has 1 unspecified atom stereocenters. The molecule has 2 heterocycles. The maximum Gasteiger partial charge on any atom is 0.343 e. The second kappa shape index (κ2) is 10.5. The van der Waals surface area contributed by atoms with Crippen molar-refractivity contribution in [1.82, 2.24) is 20.5 Å². The van der Waals surface area contributed by atoms with E-state index in [0.717, 1.165) is 34.2 Å². The van der Waals surface area contributed by atoms with Gasteiger partial charge in [0.2, 0.25) is 0 Å². The Bertz CT molecular complexity index is 1460. The highest BCUT2D eigenvalue weighted by molar-refractivity contribution is 7.90. The van der Waals surface area contributed by atoms with Crippen molar-refractivity contribution in [2.24, 2.45) is 0 Å². The Kier molecular flexibility index (Phi) is 7.09. The van der Waals surface area contributed by atoms with Crippen LogP contribution in [0.25, 0.3) is 0 Å². The van der Waals surface area contributed by atoms with E-state index in [0.29, 0.717) is 37.4 Å². The molecule has 1 atom stereocenters. The lowest BCUT2D eigenvalue weighted by Crippen LogP contribution is -2.46. The number of carbonyl (C=O) groups excluding carboxylic acids is 2. The molecule has 3 aromatic rings. The molecular formula is C28H30N4O5S. The average molecular weight is 535 g/mol. The average Bonchev–Trinajstić information content (AvgIpc) is 3.44. The van der Waals surface area contributed by atoms with Crippen molar-refractivity contribution in [1.29, 1.82) is 0 Å². The van der Waals surface area contributed by atoms with Gasteiger partial charge in [-0.05, 0) is 66.3 Å². The SMILES string of the molecule is Cc1cc2c(c(C(=O)NCCc3ccc(S(=O)(=O)NC(=O)NN4Cc5ccccc5C4)cc3)c1)OC(C)C2. The minimum absolute atomic E-state index is 0.0215. The van der Waals surface area contributed by atoms with Crippen molar-refractivity contribution in [3.63, 3.8) is 0 Å². The van der Waals surface area contributed by atoms with E-state index in [1.165, 1.54) is 12.1 Å². The van der Waals surface area contributed by atoms with Crippen LogP contribution in [0.2, 0.25) is 0 Å². The molecule has 3 amide bonds. The maximum atomic E-state index is 12.8. The molecule has 5 rings (SSSR count). The summed E-state index contributed by atoms with van der Waals surface area (Å²) in [7, 11) is -4.04. The lowest BCUT2D eigenvalue weighted by atomic mass is 10.0. The van der Waals surface area contributed by atoms with Crippen LogP contribution in [0.4, 0.5) is 4.79 Å². The molecule has 2 aliphatic rings. The first-order valence-electron chi connectivity index (χ1n) is 12.5. The van der Waals surface area contributed by atoms with E-state index in [2.05, 4.69) is 21.5 Å². The maximum absolute atomic E-state index is 12.8. The number of carbonyl (C=O) groups is 2. The van der Waals surface area contributed by atoms with Crippen molar-refractivity contribution in [3.05, 3.63) is 94.0 Å². The molecule has 0 aromatic heterocycles. The van der Waals surface area contributed by atoms with E-state index >= 15 is 0 Å². The standard InChI is InChI=1S/C28H30N4O5S/c1-18-13-23-15-19(2)37-26(23)25(14-18)27(33)29-12-11-20-7-9-24(10-8-20)38(35,36)31-28(34)30-32-16-21-5-3-4-6-22(21)17-32/h3-10,13-14,19H,11-12,15-17H2,1-2H3,(H,29,33)(H2,30,31,34). The van der Waals surface area contributed by atoms with Gasteiger partial charge in [-0.1, -0.05) is 42.5 Å². The Morgan fingerprint density at radius 1 is 1.00 bits per heavy atom. The van der Waals surface area contributed by atoms with E-state index in [-0.39, 0.29) is 16.9 Å². The predicted molar refractivity (Wildman–Crippen MR) is 142 cm³/mol. The molecule has 3 N–H and O–H groups in total. The third kappa shape index (κ3) is 5.66. The predicted octanol–water partition coefficient (Wildman–Crippen LogP) is 3.21. The molecule has 38 heavy (non-hydrogen) atoms. The fraction of sp³-hybridized carbons (Fsp3) is 0.286.